The molecule has 1 fully saturated rings. The second-order valence-corrected chi connectivity index (χ2v) is 9.73. The third-order valence-electron chi connectivity index (χ3n) is 5.33. The van der Waals surface area contributed by atoms with Crippen molar-refractivity contribution in [3.63, 3.8) is 0 Å². The molecular weight excluding hydrogens is 360 g/mol. The van der Waals surface area contributed by atoms with Gasteiger partial charge >= 0.3 is 0 Å². The predicted octanol–water partition coefficient (Wildman–Crippen LogP) is 2.18. The van der Waals surface area contributed by atoms with Gasteiger partial charge in [0.05, 0.1) is 4.90 Å². The van der Waals surface area contributed by atoms with Crippen molar-refractivity contribution >= 4 is 15.8 Å². The molecule has 1 aliphatic rings. The van der Waals surface area contributed by atoms with Gasteiger partial charge in [-0.05, 0) is 62.9 Å². The van der Waals surface area contributed by atoms with Crippen LogP contribution in [0.1, 0.15) is 37.8 Å². The Morgan fingerprint density at radius 2 is 1.96 bits per heavy atom. The lowest BCUT2D eigenvalue weighted by Gasteiger charge is -2.35. The lowest BCUT2D eigenvalue weighted by atomic mass is 9.98. The maximum absolute atomic E-state index is 11.7. The van der Waals surface area contributed by atoms with Crippen molar-refractivity contribution in [1.82, 2.24) is 15.5 Å². The fourth-order valence-electron chi connectivity index (χ4n) is 3.49. The summed E-state index contributed by atoms with van der Waals surface area (Å²) in [5, 5.41) is 6.71. The number of aryl methyl sites for hydroxylation is 1. The number of sulfone groups is 1. The van der Waals surface area contributed by atoms with Gasteiger partial charge in [-0.2, -0.15) is 0 Å². The first-order valence-corrected chi connectivity index (χ1v) is 11.6. The highest BCUT2D eigenvalue weighted by Crippen LogP contribution is 2.18. The minimum absolute atomic E-state index is 0.387. The fourth-order valence-corrected chi connectivity index (χ4v) is 4.45. The molecule has 0 spiro atoms. The van der Waals surface area contributed by atoms with Gasteiger partial charge in [0.15, 0.2) is 15.8 Å². The van der Waals surface area contributed by atoms with Crippen LogP contribution in [0.15, 0.2) is 28.1 Å². The third kappa shape index (κ3) is 6.50. The maximum atomic E-state index is 11.7. The van der Waals surface area contributed by atoms with Crippen LogP contribution in [0.25, 0.3) is 0 Å². The second-order valence-electron chi connectivity index (χ2n) is 7.75. The van der Waals surface area contributed by atoms with Crippen molar-refractivity contribution in [1.29, 1.82) is 0 Å². The molecular formula is C20H34N4O2S. The molecule has 1 saturated heterocycles. The van der Waals surface area contributed by atoms with E-state index in [1.807, 2.05) is 19.1 Å². The van der Waals surface area contributed by atoms with E-state index in [4.69, 9.17) is 0 Å². The summed E-state index contributed by atoms with van der Waals surface area (Å²) in [5.41, 5.74) is 1.80. The summed E-state index contributed by atoms with van der Waals surface area (Å²) in [4.78, 5) is 7.21. The number of nitrogens with one attached hydrogen (secondary N) is 2. The first-order chi connectivity index (χ1) is 12.7. The van der Waals surface area contributed by atoms with Gasteiger partial charge in [-0.3, -0.25) is 9.89 Å². The van der Waals surface area contributed by atoms with E-state index < -0.39 is 9.84 Å². The zero-order valence-corrected chi connectivity index (χ0v) is 18.1. The van der Waals surface area contributed by atoms with Crippen molar-refractivity contribution in [2.24, 2.45) is 10.9 Å². The van der Waals surface area contributed by atoms with E-state index in [-0.39, 0.29) is 0 Å². The number of aliphatic imine (C=N–C) groups is 1. The van der Waals surface area contributed by atoms with Crippen molar-refractivity contribution in [2.75, 3.05) is 32.9 Å². The minimum Gasteiger partial charge on any atom is -0.355 e. The molecule has 2 N–H and O–H groups in total. The Hall–Kier alpha value is -1.60. The summed E-state index contributed by atoms with van der Waals surface area (Å²) < 4.78 is 23.5. The summed E-state index contributed by atoms with van der Waals surface area (Å²) in [6.45, 7) is 10.2. The van der Waals surface area contributed by atoms with Crippen molar-refractivity contribution < 1.29 is 8.42 Å². The molecule has 1 aromatic carbocycles. The van der Waals surface area contributed by atoms with E-state index in [1.54, 1.807) is 13.1 Å². The molecule has 1 atom stereocenters. The summed E-state index contributed by atoms with van der Waals surface area (Å²) in [5.74, 6) is 1.60. The highest BCUT2D eigenvalue weighted by atomic mass is 32.2. The van der Waals surface area contributed by atoms with E-state index in [9.17, 15) is 8.42 Å². The van der Waals surface area contributed by atoms with E-state index in [2.05, 4.69) is 34.4 Å². The molecule has 152 valence electrons. The van der Waals surface area contributed by atoms with Gasteiger partial charge in [0.1, 0.15) is 0 Å². The summed E-state index contributed by atoms with van der Waals surface area (Å²) >= 11 is 0. The molecule has 1 unspecified atom stereocenters. The highest BCUT2D eigenvalue weighted by molar-refractivity contribution is 7.90. The smallest absolute Gasteiger partial charge is 0.191 e. The maximum Gasteiger partial charge on any atom is 0.191 e. The Balaban J connectivity index is 1.84. The summed E-state index contributed by atoms with van der Waals surface area (Å²) in [6.07, 6.45) is 3.80. The average Bonchev–Trinajstić information content (AvgIpc) is 2.61. The lowest BCUT2D eigenvalue weighted by Crippen LogP contribution is -2.47. The predicted molar refractivity (Wildman–Crippen MR) is 112 cm³/mol. The number of guanidine groups is 1. The van der Waals surface area contributed by atoms with Gasteiger partial charge in [0, 0.05) is 32.4 Å². The monoisotopic (exact) mass is 394 g/mol. The summed E-state index contributed by atoms with van der Waals surface area (Å²) in [7, 11) is -1.42. The van der Waals surface area contributed by atoms with Gasteiger partial charge in [-0.15, -0.1) is 0 Å². The topological polar surface area (TPSA) is 73.8 Å². The molecule has 1 aromatic rings. The van der Waals surface area contributed by atoms with Crippen LogP contribution in [0.2, 0.25) is 0 Å². The number of hydrogen-bond donors (Lipinski definition) is 2. The molecule has 1 heterocycles. The number of piperidine rings is 1. The van der Waals surface area contributed by atoms with Crippen LogP contribution in [0.4, 0.5) is 0 Å². The Morgan fingerprint density at radius 1 is 1.30 bits per heavy atom. The Bertz CT molecular complexity index is 753. The Kier molecular flexibility index (Phi) is 7.68. The molecule has 2 rings (SSSR count). The number of likely N-dealkylation sites (tertiary alicyclic amines) is 1. The quantitative estimate of drug-likeness (QED) is 0.571. The number of hydrogen-bond acceptors (Lipinski definition) is 4. The summed E-state index contributed by atoms with van der Waals surface area (Å²) in [6, 6.07) is 5.90. The molecule has 0 aromatic heterocycles. The van der Waals surface area contributed by atoms with E-state index >= 15 is 0 Å². The third-order valence-corrected chi connectivity index (χ3v) is 6.59. The number of nitrogens with zero attached hydrogens (tertiary/aromatic N) is 2. The SMILES string of the molecule is CN=C(NCc1ccc(S(C)(=O)=O)c(C)c1)NCC(C)N1CCC(C)CC1. The minimum atomic E-state index is -3.18. The van der Waals surface area contributed by atoms with Crippen LogP contribution in [0.3, 0.4) is 0 Å². The van der Waals surface area contributed by atoms with E-state index in [0.717, 1.165) is 29.5 Å². The van der Waals surface area contributed by atoms with E-state index in [0.29, 0.717) is 17.5 Å². The molecule has 0 bridgehead atoms. The highest BCUT2D eigenvalue weighted by Gasteiger charge is 2.20. The van der Waals surface area contributed by atoms with Crippen LogP contribution in [-0.2, 0) is 16.4 Å². The van der Waals surface area contributed by atoms with Gasteiger partial charge in [0.2, 0.25) is 0 Å². The number of rotatable bonds is 6. The molecule has 0 radical (unpaired) electrons. The molecule has 0 aliphatic carbocycles. The lowest BCUT2D eigenvalue weighted by molar-refractivity contribution is 0.147. The molecule has 6 nitrogen and oxygen atoms in total. The standard InChI is InChI=1S/C20H34N4O2S/c1-15-8-10-24(11-9-15)17(3)13-22-20(21-4)23-14-18-6-7-19(16(2)12-18)27(5,25)26/h6-7,12,15,17H,8-11,13-14H2,1-5H3,(H2,21,22,23). The largest absolute Gasteiger partial charge is 0.355 e. The van der Waals surface area contributed by atoms with Crippen LogP contribution >= 0.6 is 0 Å². The van der Waals surface area contributed by atoms with Gasteiger partial charge in [-0.25, -0.2) is 8.42 Å². The zero-order valence-electron chi connectivity index (χ0n) is 17.2. The molecule has 0 amide bonds. The van der Waals surface area contributed by atoms with Crippen LogP contribution in [-0.4, -0.2) is 58.3 Å². The molecule has 1 aliphatic heterocycles. The molecule has 27 heavy (non-hydrogen) atoms. The normalized spacial score (nSPS) is 18.3. The van der Waals surface area contributed by atoms with E-state index in [1.165, 1.54) is 32.2 Å². The van der Waals surface area contributed by atoms with Crippen molar-refractivity contribution in [3.05, 3.63) is 29.3 Å². The Labute approximate surface area is 164 Å². The van der Waals surface area contributed by atoms with Gasteiger partial charge < -0.3 is 10.6 Å². The van der Waals surface area contributed by atoms with Gasteiger partial charge in [0.25, 0.3) is 0 Å². The molecule has 7 heteroatoms. The molecule has 0 saturated carbocycles. The fraction of sp³-hybridized carbons (Fsp3) is 0.650. The number of benzene rings is 1. The van der Waals surface area contributed by atoms with Crippen molar-refractivity contribution in [3.8, 4) is 0 Å². The Morgan fingerprint density at radius 3 is 2.52 bits per heavy atom. The second kappa shape index (κ2) is 9.55. The van der Waals surface area contributed by atoms with Crippen molar-refractivity contribution in [2.45, 2.75) is 51.1 Å². The zero-order chi connectivity index (χ0) is 20.0. The first kappa shape index (κ1) is 21.7. The first-order valence-electron chi connectivity index (χ1n) is 9.69. The van der Waals surface area contributed by atoms with Crippen LogP contribution in [0, 0.1) is 12.8 Å². The van der Waals surface area contributed by atoms with Crippen LogP contribution in [0.5, 0.6) is 0 Å². The van der Waals surface area contributed by atoms with Gasteiger partial charge in [-0.1, -0.05) is 19.1 Å². The van der Waals surface area contributed by atoms with Crippen LogP contribution < -0.4 is 10.6 Å². The average molecular weight is 395 g/mol.